The molecule has 0 saturated heterocycles. The summed E-state index contributed by atoms with van der Waals surface area (Å²) in [5.41, 5.74) is 2.15. The van der Waals surface area contributed by atoms with E-state index in [2.05, 4.69) is 41.3 Å². The first-order valence-electron chi connectivity index (χ1n) is 12.5. The molecule has 1 aliphatic carbocycles. The number of ether oxygens (including phenoxy) is 1. The van der Waals surface area contributed by atoms with Gasteiger partial charge in [-0.25, -0.2) is 4.98 Å². The van der Waals surface area contributed by atoms with Gasteiger partial charge in [-0.3, -0.25) is 9.59 Å². The van der Waals surface area contributed by atoms with Crippen molar-refractivity contribution < 1.29 is 14.3 Å². The largest absolute Gasteiger partial charge is 0.497 e. The van der Waals surface area contributed by atoms with Gasteiger partial charge >= 0.3 is 0 Å². The summed E-state index contributed by atoms with van der Waals surface area (Å²) in [6.45, 7) is 9.91. The van der Waals surface area contributed by atoms with E-state index in [1.165, 1.54) is 0 Å². The number of carbonyl (C=O) groups is 2. The zero-order chi connectivity index (χ0) is 25.1. The second-order valence-corrected chi connectivity index (χ2v) is 9.92. The SMILES string of the molecule is COc1ccc([C@H](C)NC(=O)c2cnc3c(c2)N(C(=O)CN[C@@H](C)C(C)C)CCN3C2CC2)cc1. The van der Waals surface area contributed by atoms with Crippen LogP contribution in [0, 0.1) is 5.92 Å². The Morgan fingerprint density at radius 1 is 1.11 bits per heavy atom. The maximum atomic E-state index is 13.2. The molecule has 1 fully saturated rings. The molecule has 0 bridgehead atoms. The van der Waals surface area contributed by atoms with E-state index in [-0.39, 0.29) is 30.4 Å². The van der Waals surface area contributed by atoms with Crippen LogP contribution in [0.4, 0.5) is 11.5 Å². The fourth-order valence-electron chi connectivity index (χ4n) is 4.26. The summed E-state index contributed by atoms with van der Waals surface area (Å²) >= 11 is 0. The number of benzene rings is 1. The lowest BCUT2D eigenvalue weighted by Crippen LogP contribution is -2.49. The van der Waals surface area contributed by atoms with Gasteiger partial charge in [-0.1, -0.05) is 26.0 Å². The van der Waals surface area contributed by atoms with Crippen LogP contribution >= 0.6 is 0 Å². The summed E-state index contributed by atoms with van der Waals surface area (Å²) in [5, 5.41) is 6.38. The van der Waals surface area contributed by atoms with Crippen molar-refractivity contribution >= 4 is 23.3 Å². The number of nitrogens with zero attached hydrogens (tertiary/aromatic N) is 3. The van der Waals surface area contributed by atoms with Gasteiger partial charge in [0, 0.05) is 31.4 Å². The van der Waals surface area contributed by atoms with E-state index >= 15 is 0 Å². The third kappa shape index (κ3) is 5.75. The lowest BCUT2D eigenvalue weighted by atomic mass is 10.1. The van der Waals surface area contributed by atoms with E-state index in [4.69, 9.17) is 4.74 Å². The molecule has 2 aromatic rings. The van der Waals surface area contributed by atoms with Crippen LogP contribution in [-0.4, -0.2) is 55.6 Å². The molecule has 188 valence electrons. The van der Waals surface area contributed by atoms with Gasteiger partial charge in [0.25, 0.3) is 5.91 Å². The van der Waals surface area contributed by atoms with E-state index in [0.29, 0.717) is 24.1 Å². The van der Waals surface area contributed by atoms with Crippen molar-refractivity contribution in [1.82, 2.24) is 15.6 Å². The van der Waals surface area contributed by atoms with Gasteiger partial charge in [-0.05, 0) is 56.4 Å². The van der Waals surface area contributed by atoms with Gasteiger partial charge in [-0.2, -0.15) is 0 Å². The van der Waals surface area contributed by atoms with Crippen molar-refractivity contribution in [2.45, 2.75) is 58.7 Å². The molecule has 2 amide bonds. The fourth-order valence-corrected chi connectivity index (χ4v) is 4.26. The zero-order valence-corrected chi connectivity index (χ0v) is 21.4. The lowest BCUT2D eigenvalue weighted by Gasteiger charge is -2.37. The third-order valence-corrected chi connectivity index (χ3v) is 7.06. The molecule has 0 spiro atoms. The minimum atomic E-state index is -0.217. The van der Waals surface area contributed by atoms with Crippen molar-refractivity contribution in [3.05, 3.63) is 47.7 Å². The number of hydrogen-bond acceptors (Lipinski definition) is 6. The van der Waals surface area contributed by atoms with Crippen LogP contribution in [0.1, 0.15) is 62.5 Å². The van der Waals surface area contributed by atoms with Crippen LogP contribution in [-0.2, 0) is 4.79 Å². The Kier molecular flexibility index (Phi) is 7.60. The first-order chi connectivity index (χ1) is 16.8. The van der Waals surface area contributed by atoms with Crippen LogP contribution in [0.25, 0.3) is 0 Å². The first-order valence-corrected chi connectivity index (χ1v) is 12.5. The molecule has 8 nitrogen and oxygen atoms in total. The van der Waals surface area contributed by atoms with E-state index in [0.717, 1.165) is 42.2 Å². The molecule has 8 heteroatoms. The zero-order valence-electron chi connectivity index (χ0n) is 21.4. The second kappa shape index (κ2) is 10.6. The summed E-state index contributed by atoms with van der Waals surface area (Å²) in [6, 6.07) is 9.98. The predicted molar refractivity (Wildman–Crippen MR) is 138 cm³/mol. The number of amides is 2. The van der Waals surface area contributed by atoms with Crippen LogP contribution in [0.3, 0.4) is 0 Å². The Balaban J connectivity index is 1.53. The molecule has 2 heterocycles. The molecule has 2 N–H and O–H groups in total. The van der Waals surface area contributed by atoms with Gasteiger partial charge in [0.2, 0.25) is 5.91 Å². The predicted octanol–water partition coefficient (Wildman–Crippen LogP) is 3.53. The lowest BCUT2D eigenvalue weighted by molar-refractivity contribution is -0.118. The Morgan fingerprint density at radius 3 is 2.46 bits per heavy atom. The Hall–Kier alpha value is -3.13. The average molecular weight is 480 g/mol. The molecule has 1 aromatic heterocycles. The molecular formula is C27H37N5O3. The number of rotatable bonds is 9. The summed E-state index contributed by atoms with van der Waals surface area (Å²) in [4.78, 5) is 35.1. The van der Waals surface area contributed by atoms with E-state index in [1.807, 2.05) is 37.3 Å². The first kappa shape index (κ1) is 25.0. The number of hydrogen-bond donors (Lipinski definition) is 2. The maximum Gasteiger partial charge on any atom is 0.253 e. The number of fused-ring (bicyclic) bond motifs is 1. The molecule has 1 aliphatic heterocycles. The van der Waals surface area contributed by atoms with E-state index in [9.17, 15) is 9.59 Å². The van der Waals surface area contributed by atoms with Crippen molar-refractivity contribution in [1.29, 1.82) is 0 Å². The monoisotopic (exact) mass is 479 g/mol. The number of carbonyl (C=O) groups excluding carboxylic acids is 2. The Morgan fingerprint density at radius 2 is 1.83 bits per heavy atom. The standard InChI is InChI=1S/C27H37N5O3/c1-17(2)18(3)28-16-25(33)32-13-12-31(22-8-9-22)26-24(32)14-21(15-29-26)27(34)30-19(4)20-6-10-23(35-5)11-7-20/h6-7,10-11,14-15,17-19,22,28H,8-9,12-13,16H2,1-5H3,(H,30,34)/t18-,19-/m0/s1. The molecule has 1 saturated carbocycles. The average Bonchev–Trinajstić information content (AvgIpc) is 3.71. The molecule has 0 unspecified atom stereocenters. The Labute approximate surface area is 208 Å². The van der Waals surface area contributed by atoms with Gasteiger partial charge in [0.15, 0.2) is 5.82 Å². The molecule has 2 aliphatic rings. The fraction of sp³-hybridized carbons (Fsp3) is 0.519. The van der Waals surface area contributed by atoms with Crippen LogP contribution < -0.4 is 25.2 Å². The van der Waals surface area contributed by atoms with Crippen molar-refractivity contribution in [3.63, 3.8) is 0 Å². The Bertz CT molecular complexity index is 1050. The third-order valence-electron chi connectivity index (χ3n) is 7.06. The highest BCUT2D eigenvalue weighted by Gasteiger charge is 2.37. The number of methoxy groups -OCH3 is 1. The minimum Gasteiger partial charge on any atom is -0.497 e. The summed E-state index contributed by atoms with van der Waals surface area (Å²) in [6.07, 6.45) is 3.91. The summed E-state index contributed by atoms with van der Waals surface area (Å²) in [7, 11) is 1.63. The maximum absolute atomic E-state index is 13.2. The quantitative estimate of drug-likeness (QED) is 0.572. The van der Waals surface area contributed by atoms with E-state index < -0.39 is 0 Å². The second-order valence-electron chi connectivity index (χ2n) is 9.92. The molecule has 0 radical (unpaired) electrons. The number of anilines is 2. The molecule has 1 aromatic carbocycles. The van der Waals surface area contributed by atoms with Crippen molar-refractivity contribution in [2.24, 2.45) is 5.92 Å². The summed E-state index contributed by atoms with van der Waals surface area (Å²) in [5.74, 6) is 1.79. The topological polar surface area (TPSA) is 86.8 Å². The van der Waals surface area contributed by atoms with Gasteiger partial charge in [0.05, 0.1) is 30.9 Å². The number of aromatic nitrogens is 1. The molecule has 4 rings (SSSR count). The highest BCUT2D eigenvalue weighted by molar-refractivity contribution is 6.01. The summed E-state index contributed by atoms with van der Waals surface area (Å²) < 4.78 is 5.22. The van der Waals surface area contributed by atoms with Gasteiger partial charge in [-0.15, -0.1) is 0 Å². The van der Waals surface area contributed by atoms with Crippen LogP contribution in [0.2, 0.25) is 0 Å². The minimum absolute atomic E-state index is 0.000144. The molecule has 35 heavy (non-hydrogen) atoms. The normalized spacial score (nSPS) is 17.1. The number of pyridine rings is 1. The highest BCUT2D eigenvalue weighted by atomic mass is 16.5. The van der Waals surface area contributed by atoms with Crippen molar-refractivity contribution in [2.75, 3.05) is 36.5 Å². The molecular weight excluding hydrogens is 442 g/mol. The smallest absolute Gasteiger partial charge is 0.253 e. The number of nitrogens with one attached hydrogen (secondary N) is 2. The van der Waals surface area contributed by atoms with Crippen molar-refractivity contribution in [3.8, 4) is 5.75 Å². The van der Waals surface area contributed by atoms with E-state index in [1.54, 1.807) is 18.2 Å². The van der Waals surface area contributed by atoms with Gasteiger partial charge in [0.1, 0.15) is 5.75 Å². The van der Waals surface area contributed by atoms with Crippen LogP contribution in [0.5, 0.6) is 5.75 Å². The molecule has 2 atom stereocenters. The van der Waals surface area contributed by atoms with Gasteiger partial charge < -0.3 is 25.2 Å². The van der Waals surface area contributed by atoms with Crippen LogP contribution in [0.15, 0.2) is 36.5 Å². The highest BCUT2D eigenvalue weighted by Crippen LogP contribution is 2.39.